The second-order valence-corrected chi connectivity index (χ2v) is 6.68. The molecule has 1 amide bonds. The molecule has 0 atom stereocenters. The van der Waals surface area contributed by atoms with Crippen molar-refractivity contribution >= 4 is 45.3 Å². The molecule has 0 fully saturated rings. The first kappa shape index (κ1) is 18.8. The van der Waals surface area contributed by atoms with Crippen molar-refractivity contribution in [3.05, 3.63) is 58.1 Å². The first-order valence-corrected chi connectivity index (χ1v) is 8.92. The van der Waals surface area contributed by atoms with E-state index in [2.05, 4.69) is 21.0 Å². The number of hydrazone groups is 1. The van der Waals surface area contributed by atoms with E-state index in [1.807, 2.05) is 30.3 Å². The van der Waals surface area contributed by atoms with Crippen LogP contribution in [0.1, 0.15) is 19.4 Å². The SMILES string of the molecule is COc1cc(/C=C2\C(=O)N(c3ccccc3)N=C2C)cc(Br)c1OC(C)=O. The van der Waals surface area contributed by atoms with E-state index in [0.717, 1.165) is 0 Å². The smallest absolute Gasteiger partial charge is 0.308 e. The number of carbonyl (C=O) groups excluding carboxylic acids is 2. The first-order chi connectivity index (χ1) is 12.9. The van der Waals surface area contributed by atoms with Crippen LogP contribution in [0.2, 0.25) is 0 Å². The van der Waals surface area contributed by atoms with Crippen LogP contribution in [0, 0.1) is 0 Å². The Bertz CT molecular complexity index is 967. The summed E-state index contributed by atoms with van der Waals surface area (Å²) in [6.07, 6.45) is 1.73. The minimum atomic E-state index is -0.451. The van der Waals surface area contributed by atoms with Gasteiger partial charge in [-0.1, -0.05) is 18.2 Å². The third kappa shape index (κ3) is 3.93. The lowest BCUT2D eigenvalue weighted by Gasteiger charge is -2.12. The predicted molar refractivity (Wildman–Crippen MR) is 107 cm³/mol. The van der Waals surface area contributed by atoms with Gasteiger partial charge in [-0.3, -0.25) is 9.59 Å². The highest BCUT2D eigenvalue weighted by molar-refractivity contribution is 9.10. The van der Waals surface area contributed by atoms with Crippen LogP contribution in [0.3, 0.4) is 0 Å². The molecule has 0 aromatic heterocycles. The van der Waals surface area contributed by atoms with Gasteiger partial charge in [0.25, 0.3) is 5.91 Å². The van der Waals surface area contributed by atoms with Gasteiger partial charge in [0.15, 0.2) is 11.5 Å². The highest BCUT2D eigenvalue weighted by Gasteiger charge is 2.28. The highest BCUT2D eigenvalue weighted by Crippen LogP contribution is 2.37. The third-order valence-corrected chi connectivity index (χ3v) is 4.46. The van der Waals surface area contributed by atoms with E-state index < -0.39 is 5.97 Å². The molecule has 3 rings (SSSR count). The lowest BCUT2D eigenvalue weighted by atomic mass is 10.1. The number of carbonyl (C=O) groups is 2. The van der Waals surface area contributed by atoms with Crippen molar-refractivity contribution in [2.45, 2.75) is 13.8 Å². The summed E-state index contributed by atoms with van der Waals surface area (Å²) in [6, 6.07) is 12.7. The van der Waals surface area contributed by atoms with Crippen molar-refractivity contribution < 1.29 is 19.1 Å². The van der Waals surface area contributed by atoms with Gasteiger partial charge in [0, 0.05) is 6.92 Å². The zero-order chi connectivity index (χ0) is 19.6. The van der Waals surface area contributed by atoms with Crippen LogP contribution in [0.5, 0.6) is 11.5 Å². The Kier molecular flexibility index (Phi) is 5.41. The Morgan fingerprint density at radius 2 is 1.93 bits per heavy atom. The summed E-state index contributed by atoms with van der Waals surface area (Å²) in [5.74, 6) is 0.0120. The summed E-state index contributed by atoms with van der Waals surface area (Å²) in [5.41, 5.74) is 2.51. The Morgan fingerprint density at radius 1 is 1.22 bits per heavy atom. The van der Waals surface area contributed by atoms with E-state index >= 15 is 0 Å². The first-order valence-electron chi connectivity index (χ1n) is 8.13. The van der Waals surface area contributed by atoms with Crippen molar-refractivity contribution in [1.82, 2.24) is 0 Å². The normalized spacial score (nSPS) is 15.1. The van der Waals surface area contributed by atoms with Crippen molar-refractivity contribution in [2.75, 3.05) is 12.1 Å². The zero-order valence-electron chi connectivity index (χ0n) is 15.0. The lowest BCUT2D eigenvalue weighted by Crippen LogP contribution is -2.21. The Balaban J connectivity index is 1.97. The molecule has 138 valence electrons. The van der Waals surface area contributed by atoms with Crippen LogP contribution in [-0.2, 0) is 9.59 Å². The summed E-state index contributed by atoms with van der Waals surface area (Å²) in [4.78, 5) is 24.1. The Morgan fingerprint density at radius 3 is 2.56 bits per heavy atom. The largest absolute Gasteiger partial charge is 0.493 e. The molecule has 0 spiro atoms. The number of hydrogen-bond donors (Lipinski definition) is 0. The molecule has 7 heteroatoms. The van der Waals surface area contributed by atoms with Gasteiger partial charge in [0.2, 0.25) is 0 Å². The summed E-state index contributed by atoms with van der Waals surface area (Å²) in [5, 5.41) is 5.73. The number of ether oxygens (including phenoxy) is 2. The maximum atomic E-state index is 12.8. The molecule has 6 nitrogen and oxygen atoms in total. The zero-order valence-corrected chi connectivity index (χ0v) is 16.6. The third-order valence-electron chi connectivity index (χ3n) is 3.87. The average Bonchev–Trinajstić information content (AvgIpc) is 2.92. The van der Waals surface area contributed by atoms with Crippen LogP contribution in [-0.4, -0.2) is 24.7 Å². The quantitative estimate of drug-likeness (QED) is 0.415. The highest BCUT2D eigenvalue weighted by atomic mass is 79.9. The van der Waals surface area contributed by atoms with E-state index in [1.165, 1.54) is 19.0 Å². The molecular weight excluding hydrogens is 412 g/mol. The number of amides is 1. The van der Waals surface area contributed by atoms with Gasteiger partial charge in [-0.2, -0.15) is 10.1 Å². The molecule has 0 N–H and O–H groups in total. The van der Waals surface area contributed by atoms with Gasteiger partial charge in [-0.05, 0) is 58.8 Å². The number of halogens is 1. The van der Waals surface area contributed by atoms with Crippen LogP contribution in [0.25, 0.3) is 6.08 Å². The van der Waals surface area contributed by atoms with Crippen molar-refractivity contribution in [3.63, 3.8) is 0 Å². The van der Waals surface area contributed by atoms with E-state index in [1.54, 1.807) is 25.1 Å². The molecule has 1 aliphatic heterocycles. The summed E-state index contributed by atoms with van der Waals surface area (Å²) in [6.45, 7) is 3.10. The number of anilines is 1. The number of rotatable bonds is 4. The fourth-order valence-electron chi connectivity index (χ4n) is 2.66. The second kappa shape index (κ2) is 7.75. The maximum Gasteiger partial charge on any atom is 0.308 e. The molecule has 1 heterocycles. The van der Waals surface area contributed by atoms with Gasteiger partial charge in [-0.25, -0.2) is 0 Å². The minimum Gasteiger partial charge on any atom is -0.493 e. The van der Waals surface area contributed by atoms with Crippen molar-refractivity contribution in [1.29, 1.82) is 0 Å². The van der Waals surface area contributed by atoms with E-state index in [-0.39, 0.29) is 5.91 Å². The molecule has 0 saturated heterocycles. The van der Waals surface area contributed by atoms with Gasteiger partial charge in [-0.15, -0.1) is 0 Å². The van der Waals surface area contributed by atoms with Crippen molar-refractivity contribution in [2.24, 2.45) is 5.10 Å². The second-order valence-electron chi connectivity index (χ2n) is 5.82. The van der Waals surface area contributed by atoms with Crippen LogP contribution >= 0.6 is 15.9 Å². The number of nitrogens with zero attached hydrogens (tertiary/aromatic N) is 2. The van der Waals surface area contributed by atoms with Gasteiger partial charge in [0.05, 0.1) is 28.6 Å². The molecular formula is C20H17BrN2O4. The minimum absolute atomic E-state index is 0.210. The van der Waals surface area contributed by atoms with Crippen LogP contribution in [0.4, 0.5) is 5.69 Å². The molecule has 2 aromatic carbocycles. The molecule has 27 heavy (non-hydrogen) atoms. The van der Waals surface area contributed by atoms with Gasteiger partial charge < -0.3 is 9.47 Å². The van der Waals surface area contributed by atoms with E-state index in [4.69, 9.17) is 9.47 Å². The fraction of sp³-hybridized carbons (Fsp3) is 0.150. The number of para-hydroxylation sites is 1. The number of benzene rings is 2. The number of esters is 1. The molecule has 0 aliphatic carbocycles. The lowest BCUT2D eigenvalue weighted by molar-refractivity contribution is -0.132. The average molecular weight is 429 g/mol. The van der Waals surface area contributed by atoms with Gasteiger partial charge in [0.1, 0.15) is 0 Å². The standard InChI is InChI=1S/C20H17BrN2O4/c1-12-16(20(25)23(22-12)15-7-5-4-6-8-15)9-14-10-17(21)19(27-13(2)24)18(11-14)26-3/h4-11H,1-3H3/b16-9-. The van der Waals surface area contributed by atoms with E-state index in [9.17, 15) is 9.59 Å². The summed E-state index contributed by atoms with van der Waals surface area (Å²) < 4.78 is 11.0. The molecule has 0 saturated carbocycles. The Hall–Kier alpha value is -2.93. The number of methoxy groups -OCH3 is 1. The van der Waals surface area contributed by atoms with E-state index in [0.29, 0.717) is 38.5 Å². The summed E-state index contributed by atoms with van der Waals surface area (Å²) in [7, 11) is 1.48. The van der Waals surface area contributed by atoms with Crippen molar-refractivity contribution in [3.8, 4) is 11.5 Å². The molecule has 0 unspecified atom stereocenters. The molecule has 2 aromatic rings. The number of hydrogen-bond acceptors (Lipinski definition) is 5. The monoisotopic (exact) mass is 428 g/mol. The van der Waals surface area contributed by atoms with Crippen LogP contribution in [0.15, 0.2) is 57.6 Å². The molecule has 1 aliphatic rings. The fourth-order valence-corrected chi connectivity index (χ4v) is 3.20. The predicted octanol–water partition coefficient (Wildman–Crippen LogP) is 4.19. The van der Waals surface area contributed by atoms with Gasteiger partial charge >= 0.3 is 5.97 Å². The topological polar surface area (TPSA) is 68.2 Å². The molecule has 0 radical (unpaired) electrons. The molecule has 0 bridgehead atoms. The summed E-state index contributed by atoms with van der Waals surface area (Å²) >= 11 is 3.38. The Labute approximate surface area is 165 Å². The maximum absolute atomic E-state index is 12.8. The van der Waals surface area contributed by atoms with Crippen LogP contribution < -0.4 is 14.5 Å².